The number of amides is 1. The highest BCUT2D eigenvalue weighted by molar-refractivity contribution is 5.65. The average Bonchev–Trinajstić information content (AvgIpc) is 3.17. The van der Waals surface area contributed by atoms with Crippen molar-refractivity contribution >= 4 is 6.09 Å². The summed E-state index contributed by atoms with van der Waals surface area (Å²) in [5.74, 6) is 0. The van der Waals surface area contributed by atoms with E-state index >= 15 is 0 Å². The Morgan fingerprint density at radius 3 is 2.56 bits per heavy atom. The van der Waals surface area contributed by atoms with Crippen molar-refractivity contribution in [2.75, 3.05) is 26.2 Å². The maximum absolute atomic E-state index is 11.2. The Kier molecular flexibility index (Phi) is 4.39. The van der Waals surface area contributed by atoms with Gasteiger partial charge in [-0.15, -0.1) is 0 Å². The van der Waals surface area contributed by atoms with Crippen molar-refractivity contribution in [2.24, 2.45) is 5.41 Å². The first kappa shape index (κ1) is 17.5. The van der Waals surface area contributed by atoms with Gasteiger partial charge in [-0.2, -0.15) is 0 Å². The van der Waals surface area contributed by atoms with Crippen molar-refractivity contribution in [3.05, 3.63) is 18.0 Å². The van der Waals surface area contributed by atoms with Crippen molar-refractivity contribution in [3.63, 3.8) is 0 Å². The summed E-state index contributed by atoms with van der Waals surface area (Å²) in [4.78, 5) is 18.1. The Bertz CT molecular complexity index is 661. The predicted octanol–water partition coefficient (Wildman–Crippen LogP) is 2.64. The minimum Gasteiger partial charge on any atom is -0.465 e. The number of hydrogen-bond acceptors (Lipinski definition) is 5. The van der Waals surface area contributed by atoms with Gasteiger partial charge in [-0.05, 0) is 63.5 Å². The summed E-state index contributed by atoms with van der Waals surface area (Å²) < 4.78 is 5.02. The number of carbonyl (C=O) groups is 1. The lowest BCUT2D eigenvalue weighted by atomic mass is 9.64. The summed E-state index contributed by atoms with van der Waals surface area (Å²) in [5.41, 5.74) is 1.34. The Balaban J connectivity index is 1.12. The standard InChI is InChI=1S/C20H30N4O3/c25-19(26)23-9-6-20(14-23)11-18(12-20)22-7-3-17(4-8-22)24(16-1-2-16)13-15-5-10-27-21-15/h5,10,16-18H,1-4,6-9,11-14H2,(H,25,26). The Hall–Kier alpha value is -1.60. The zero-order chi connectivity index (χ0) is 18.4. The molecule has 2 aliphatic carbocycles. The van der Waals surface area contributed by atoms with Crippen molar-refractivity contribution in [1.29, 1.82) is 0 Å². The van der Waals surface area contributed by atoms with Crippen LogP contribution in [0.15, 0.2) is 16.9 Å². The number of likely N-dealkylation sites (tertiary alicyclic amines) is 2. The van der Waals surface area contributed by atoms with Crippen LogP contribution in [0.5, 0.6) is 0 Å². The summed E-state index contributed by atoms with van der Waals surface area (Å²) in [7, 11) is 0. The second kappa shape index (κ2) is 6.78. The quantitative estimate of drug-likeness (QED) is 0.854. The number of rotatable bonds is 5. The molecule has 0 bridgehead atoms. The SMILES string of the molecule is O=C(O)N1CCC2(CC(N3CCC(N(Cc4ccon4)C4CC4)CC3)C2)C1. The highest BCUT2D eigenvalue weighted by Crippen LogP contribution is 2.50. The van der Waals surface area contributed by atoms with E-state index in [-0.39, 0.29) is 5.41 Å². The van der Waals surface area contributed by atoms with Crippen LogP contribution in [0.3, 0.4) is 0 Å². The molecule has 27 heavy (non-hydrogen) atoms. The van der Waals surface area contributed by atoms with Gasteiger partial charge in [-0.1, -0.05) is 5.16 Å². The Morgan fingerprint density at radius 2 is 1.96 bits per heavy atom. The van der Waals surface area contributed by atoms with Crippen molar-refractivity contribution in [1.82, 2.24) is 19.9 Å². The van der Waals surface area contributed by atoms with Gasteiger partial charge in [-0.25, -0.2) is 4.79 Å². The Labute approximate surface area is 160 Å². The van der Waals surface area contributed by atoms with E-state index < -0.39 is 6.09 Å². The van der Waals surface area contributed by atoms with Crippen LogP contribution in [-0.2, 0) is 6.54 Å². The first-order chi connectivity index (χ1) is 13.1. The fourth-order valence-electron chi connectivity index (χ4n) is 5.68. The second-order valence-corrected chi connectivity index (χ2v) is 9.18. The largest absolute Gasteiger partial charge is 0.465 e. The first-order valence-corrected chi connectivity index (χ1v) is 10.5. The summed E-state index contributed by atoms with van der Waals surface area (Å²) >= 11 is 0. The molecule has 4 aliphatic rings. The first-order valence-electron chi connectivity index (χ1n) is 10.5. The molecule has 5 rings (SSSR count). The highest BCUT2D eigenvalue weighted by atomic mass is 16.5. The maximum atomic E-state index is 11.2. The molecule has 2 saturated carbocycles. The van der Waals surface area contributed by atoms with Crippen LogP contribution in [0.25, 0.3) is 0 Å². The monoisotopic (exact) mass is 374 g/mol. The minimum atomic E-state index is -0.747. The summed E-state index contributed by atoms with van der Waals surface area (Å²) in [6, 6.07) is 4.06. The van der Waals surface area contributed by atoms with E-state index in [0.29, 0.717) is 12.1 Å². The third-order valence-electron chi connectivity index (χ3n) is 7.38. The van der Waals surface area contributed by atoms with Crippen molar-refractivity contribution in [2.45, 2.75) is 69.6 Å². The predicted molar refractivity (Wildman–Crippen MR) is 99.3 cm³/mol. The molecule has 148 valence electrons. The zero-order valence-electron chi connectivity index (χ0n) is 15.9. The maximum Gasteiger partial charge on any atom is 0.407 e. The summed E-state index contributed by atoms with van der Waals surface area (Å²) in [6.45, 7) is 4.75. The number of aromatic nitrogens is 1. The van der Waals surface area contributed by atoms with Gasteiger partial charge >= 0.3 is 6.09 Å². The number of nitrogens with zero attached hydrogens (tertiary/aromatic N) is 4. The molecule has 2 saturated heterocycles. The van der Waals surface area contributed by atoms with E-state index in [1.165, 1.54) is 51.6 Å². The van der Waals surface area contributed by atoms with Crippen LogP contribution in [-0.4, -0.2) is 75.4 Å². The smallest absolute Gasteiger partial charge is 0.407 e. The molecule has 3 heterocycles. The van der Waals surface area contributed by atoms with Crippen LogP contribution in [0.4, 0.5) is 4.79 Å². The van der Waals surface area contributed by atoms with E-state index in [0.717, 1.165) is 37.8 Å². The summed E-state index contributed by atoms with van der Waals surface area (Å²) in [6.07, 6.45) is 9.47. The summed E-state index contributed by atoms with van der Waals surface area (Å²) in [5, 5.41) is 13.3. The molecule has 7 heteroatoms. The third-order valence-corrected chi connectivity index (χ3v) is 7.38. The molecule has 0 aromatic carbocycles. The average molecular weight is 374 g/mol. The van der Waals surface area contributed by atoms with Gasteiger partial charge in [0.25, 0.3) is 0 Å². The minimum absolute atomic E-state index is 0.285. The van der Waals surface area contributed by atoms with Crippen molar-refractivity contribution in [3.8, 4) is 0 Å². The van der Waals surface area contributed by atoms with E-state index in [1.807, 2.05) is 6.07 Å². The van der Waals surface area contributed by atoms with Gasteiger partial charge < -0.3 is 19.4 Å². The number of carboxylic acid groups (broad SMARTS) is 1. The van der Waals surface area contributed by atoms with Crippen LogP contribution in [0.1, 0.15) is 50.6 Å². The molecule has 2 aliphatic heterocycles. The molecule has 1 aromatic rings. The van der Waals surface area contributed by atoms with Crippen LogP contribution >= 0.6 is 0 Å². The van der Waals surface area contributed by atoms with Gasteiger partial charge in [0.1, 0.15) is 6.26 Å². The molecule has 4 fully saturated rings. The lowest BCUT2D eigenvalue weighted by molar-refractivity contribution is -0.0173. The molecule has 0 atom stereocenters. The lowest BCUT2D eigenvalue weighted by Crippen LogP contribution is -2.56. The molecular formula is C20H30N4O3. The molecule has 0 radical (unpaired) electrons. The molecule has 7 nitrogen and oxygen atoms in total. The number of hydrogen-bond donors (Lipinski definition) is 1. The van der Waals surface area contributed by atoms with E-state index in [1.54, 1.807) is 11.2 Å². The van der Waals surface area contributed by atoms with Gasteiger partial charge in [0.05, 0.1) is 5.69 Å². The lowest BCUT2D eigenvalue weighted by Gasteiger charge is -2.52. The van der Waals surface area contributed by atoms with E-state index in [4.69, 9.17) is 4.52 Å². The topological polar surface area (TPSA) is 73.1 Å². The van der Waals surface area contributed by atoms with Gasteiger partial charge in [-0.3, -0.25) is 4.90 Å². The van der Waals surface area contributed by atoms with Gasteiger partial charge in [0, 0.05) is 43.8 Å². The zero-order valence-corrected chi connectivity index (χ0v) is 15.9. The van der Waals surface area contributed by atoms with Crippen LogP contribution < -0.4 is 0 Å². The molecule has 0 unspecified atom stereocenters. The fraction of sp³-hybridized carbons (Fsp3) is 0.800. The molecule has 1 spiro atoms. The number of piperidine rings is 1. The normalized spacial score (nSPS) is 32.3. The van der Waals surface area contributed by atoms with Gasteiger partial charge in [0.15, 0.2) is 0 Å². The third kappa shape index (κ3) is 3.47. The second-order valence-electron chi connectivity index (χ2n) is 9.18. The fourth-order valence-corrected chi connectivity index (χ4v) is 5.68. The van der Waals surface area contributed by atoms with Crippen LogP contribution in [0, 0.1) is 5.41 Å². The van der Waals surface area contributed by atoms with E-state index in [2.05, 4.69) is 15.0 Å². The van der Waals surface area contributed by atoms with Gasteiger partial charge in [0.2, 0.25) is 0 Å². The van der Waals surface area contributed by atoms with Crippen LogP contribution in [0.2, 0.25) is 0 Å². The molecule has 1 N–H and O–H groups in total. The van der Waals surface area contributed by atoms with Crippen molar-refractivity contribution < 1.29 is 14.4 Å². The van der Waals surface area contributed by atoms with E-state index in [9.17, 15) is 9.90 Å². The molecular weight excluding hydrogens is 344 g/mol. The molecule has 1 aromatic heterocycles. The Morgan fingerprint density at radius 1 is 1.22 bits per heavy atom. The molecule has 1 amide bonds. The highest BCUT2D eigenvalue weighted by Gasteiger charge is 2.51.